The molecule has 8 rings (SSSR count). The van der Waals surface area contributed by atoms with Crippen LogP contribution in [0.5, 0.6) is 17.2 Å². The number of rotatable bonds is 4. The van der Waals surface area contributed by atoms with Crippen LogP contribution in [0, 0.1) is 0 Å². The third kappa shape index (κ3) is 7.85. The van der Waals surface area contributed by atoms with Crippen LogP contribution in [0.2, 0.25) is 0 Å². The van der Waals surface area contributed by atoms with Gasteiger partial charge in [-0.05, 0) is 66.1 Å². The molecule has 3 aromatic carbocycles. The third-order valence-electron chi connectivity index (χ3n) is 7.80. The monoisotopic (exact) mass is 636 g/mol. The molecule has 0 spiro atoms. The molecule has 0 unspecified atom stereocenters. The minimum absolute atomic E-state index is 0.181. The van der Waals surface area contributed by atoms with Crippen LogP contribution in [0.25, 0.3) is 0 Å². The standard InChI is InChI=1S/C32H36N4O8S/c1-35(45(3,40)41)24-10-8-23(9-11-24)32(39)36-18-26-29(19-36)44-25-12-4-22(5-13-25)17-33-31(38)20-43-27-14-6-21(16-28(27)42-2)7-15-30(37)34-26/h4-6,8-14,16,26,29H,7,15,17-20H2,1-3H3,(H,33,38)(H,34,37)/t26-,29-/m0/s1. The van der Waals surface area contributed by atoms with Crippen LogP contribution >= 0.6 is 0 Å². The number of anilines is 1. The number of nitrogens with zero attached hydrogens (tertiary/aromatic N) is 2. The first-order valence-corrected chi connectivity index (χ1v) is 16.3. The second kappa shape index (κ2) is 13.5. The van der Waals surface area contributed by atoms with Crippen molar-refractivity contribution in [1.29, 1.82) is 0 Å². The van der Waals surface area contributed by atoms with E-state index in [2.05, 4.69) is 10.6 Å². The van der Waals surface area contributed by atoms with E-state index >= 15 is 0 Å². The number of ether oxygens (including phenoxy) is 3. The Balaban J connectivity index is 1.36. The van der Waals surface area contributed by atoms with E-state index in [1.54, 1.807) is 53.4 Å². The Morgan fingerprint density at radius 2 is 1.67 bits per heavy atom. The largest absolute Gasteiger partial charge is 0.493 e. The number of carbonyl (C=O) groups excluding carboxylic acids is 3. The number of sulfonamides is 1. The molecule has 0 radical (unpaired) electrons. The molecule has 13 heteroatoms. The van der Waals surface area contributed by atoms with Crippen LogP contribution < -0.4 is 29.1 Å². The number of hydrogen-bond acceptors (Lipinski definition) is 8. The molecule has 2 atom stereocenters. The first-order chi connectivity index (χ1) is 21.5. The molecule has 5 heterocycles. The van der Waals surface area contributed by atoms with Crippen molar-refractivity contribution >= 4 is 33.4 Å². The number of benzene rings is 3. The summed E-state index contributed by atoms with van der Waals surface area (Å²) in [6.07, 6.45) is 1.20. The molecule has 12 nitrogen and oxygen atoms in total. The highest BCUT2D eigenvalue weighted by Gasteiger charge is 2.38. The lowest BCUT2D eigenvalue weighted by atomic mass is 10.1. The fourth-order valence-corrected chi connectivity index (χ4v) is 5.67. The lowest BCUT2D eigenvalue weighted by molar-refractivity contribution is -0.123. The van der Waals surface area contributed by atoms with E-state index in [-0.39, 0.29) is 43.8 Å². The molecule has 1 fully saturated rings. The maximum atomic E-state index is 13.5. The summed E-state index contributed by atoms with van der Waals surface area (Å²) in [6, 6.07) is 18.4. The highest BCUT2D eigenvalue weighted by Crippen LogP contribution is 2.29. The Kier molecular flexibility index (Phi) is 9.47. The molecular weight excluding hydrogens is 600 g/mol. The van der Waals surface area contributed by atoms with Gasteiger partial charge in [-0.25, -0.2) is 8.42 Å². The van der Waals surface area contributed by atoms with Crippen LogP contribution in [-0.2, 0) is 32.6 Å². The summed E-state index contributed by atoms with van der Waals surface area (Å²) in [5, 5.41) is 5.89. The highest BCUT2D eigenvalue weighted by atomic mass is 32.2. The zero-order valence-corrected chi connectivity index (χ0v) is 26.1. The van der Waals surface area contributed by atoms with Gasteiger partial charge in [0, 0.05) is 32.1 Å². The average Bonchev–Trinajstić information content (AvgIpc) is 3.42. The topological polar surface area (TPSA) is 144 Å². The highest BCUT2D eigenvalue weighted by molar-refractivity contribution is 7.92. The molecule has 238 valence electrons. The minimum Gasteiger partial charge on any atom is -0.493 e. The number of likely N-dealkylation sites (tertiary alicyclic amines) is 1. The Morgan fingerprint density at radius 1 is 0.956 bits per heavy atom. The Labute approximate surface area is 262 Å². The summed E-state index contributed by atoms with van der Waals surface area (Å²) in [6.45, 7) is 0.566. The van der Waals surface area contributed by atoms with Crippen LogP contribution in [0.3, 0.4) is 0 Å². The summed E-state index contributed by atoms with van der Waals surface area (Å²) in [5.41, 5.74) is 2.53. The molecule has 4 bridgehead atoms. The zero-order valence-electron chi connectivity index (χ0n) is 25.3. The molecule has 5 aliphatic rings. The normalized spacial score (nSPS) is 19.0. The Hall–Kier alpha value is -4.78. The van der Waals surface area contributed by atoms with Gasteiger partial charge in [-0.2, -0.15) is 0 Å². The van der Waals surface area contributed by atoms with Crippen LogP contribution in [0.1, 0.15) is 27.9 Å². The van der Waals surface area contributed by atoms with Crippen molar-refractivity contribution in [3.8, 4) is 17.2 Å². The summed E-state index contributed by atoms with van der Waals surface area (Å²) in [5.74, 6) is 0.688. The number of aryl methyl sites for hydroxylation is 1. The number of hydrogen-bond donors (Lipinski definition) is 2. The van der Waals surface area contributed by atoms with E-state index in [4.69, 9.17) is 14.2 Å². The van der Waals surface area contributed by atoms with Gasteiger partial charge in [0.05, 0.1) is 31.6 Å². The number of methoxy groups -OCH3 is 1. The second-order valence-corrected chi connectivity index (χ2v) is 13.0. The van der Waals surface area contributed by atoms with Gasteiger partial charge in [0.15, 0.2) is 18.1 Å². The SMILES string of the molecule is COc1cc2ccc1OCC(=O)NCc1ccc(cc1)O[C@H]1CN(C(=O)c3ccc(N(C)S(C)(=O)=O)cc3)C[C@@H]1NC(=O)CC2. The van der Waals surface area contributed by atoms with Gasteiger partial charge in [0.25, 0.3) is 11.8 Å². The van der Waals surface area contributed by atoms with E-state index in [0.29, 0.717) is 41.5 Å². The third-order valence-corrected chi connectivity index (χ3v) is 9.01. The van der Waals surface area contributed by atoms with Crippen molar-refractivity contribution < 1.29 is 37.0 Å². The van der Waals surface area contributed by atoms with Gasteiger partial charge in [-0.1, -0.05) is 18.2 Å². The van der Waals surface area contributed by atoms with Crippen LogP contribution in [0.15, 0.2) is 66.7 Å². The summed E-state index contributed by atoms with van der Waals surface area (Å²) in [4.78, 5) is 40.6. The van der Waals surface area contributed by atoms with Gasteiger partial charge in [0.2, 0.25) is 15.9 Å². The van der Waals surface area contributed by atoms with Crippen molar-refractivity contribution in [1.82, 2.24) is 15.5 Å². The van der Waals surface area contributed by atoms with Crippen molar-refractivity contribution in [3.63, 3.8) is 0 Å². The molecule has 0 aliphatic carbocycles. The lowest BCUT2D eigenvalue weighted by Gasteiger charge is -2.21. The van der Waals surface area contributed by atoms with Crippen molar-refractivity contribution in [2.75, 3.05) is 44.4 Å². The second-order valence-electron chi connectivity index (χ2n) is 11.0. The predicted molar refractivity (Wildman–Crippen MR) is 167 cm³/mol. The Bertz CT molecular complexity index is 1660. The van der Waals surface area contributed by atoms with Crippen molar-refractivity contribution in [2.24, 2.45) is 0 Å². The first-order valence-electron chi connectivity index (χ1n) is 14.4. The molecule has 0 aromatic heterocycles. The van der Waals surface area contributed by atoms with Gasteiger partial charge in [0.1, 0.15) is 11.9 Å². The van der Waals surface area contributed by atoms with E-state index < -0.39 is 22.2 Å². The van der Waals surface area contributed by atoms with Crippen LogP contribution in [-0.4, -0.2) is 83.3 Å². The van der Waals surface area contributed by atoms with Crippen LogP contribution in [0.4, 0.5) is 5.69 Å². The molecule has 45 heavy (non-hydrogen) atoms. The quantitative estimate of drug-likeness (QED) is 0.444. The Morgan fingerprint density at radius 3 is 2.36 bits per heavy atom. The summed E-state index contributed by atoms with van der Waals surface area (Å²) < 4.78 is 42.3. The fourth-order valence-electron chi connectivity index (χ4n) is 5.16. The minimum atomic E-state index is -3.44. The van der Waals surface area contributed by atoms with E-state index in [9.17, 15) is 22.8 Å². The van der Waals surface area contributed by atoms with E-state index in [0.717, 1.165) is 21.7 Å². The van der Waals surface area contributed by atoms with E-state index in [1.165, 1.54) is 14.2 Å². The smallest absolute Gasteiger partial charge is 0.258 e. The maximum Gasteiger partial charge on any atom is 0.258 e. The van der Waals surface area contributed by atoms with Gasteiger partial charge in [-0.15, -0.1) is 0 Å². The molecule has 0 saturated carbocycles. The lowest BCUT2D eigenvalue weighted by Crippen LogP contribution is -2.45. The van der Waals surface area contributed by atoms with Gasteiger partial charge < -0.3 is 29.7 Å². The molecule has 1 saturated heterocycles. The zero-order chi connectivity index (χ0) is 32.1. The molecule has 2 N–H and O–H groups in total. The summed E-state index contributed by atoms with van der Waals surface area (Å²) >= 11 is 0. The predicted octanol–water partition coefficient (Wildman–Crippen LogP) is 2.12. The van der Waals surface area contributed by atoms with Gasteiger partial charge in [-0.3, -0.25) is 18.7 Å². The van der Waals surface area contributed by atoms with Gasteiger partial charge >= 0.3 is 0 Å². The number of nitrogens with one attached hydrogen (secondary N) is 2. The first kappa shape index (κ1) is 31.6. The molecule has 3 aromatic rings. The van der Waals surface area contributed by atoms with Crippen molar-refractivity contribution in [3.05, 3.63) is 83.4 Å². The average molecular weight is 637 g/mol. The number of carbonyl (C=O) groups is 3. The van der Waals surface area contributed by atoms with E-state index in [1.807, 2.05) is 18.2 Å². The maximum absolute atomic E-state index is 13.5. The van der Waals surface area contributed by atoms with Crippen molar-refractivity contribution in [2.45, 2.75) is 31.5 Å². The molecule has 5 aliphatic heterocycles. The molecular formula is C32H36N4O8S. The fraction of sp³-hybridized carbons (Fsp3) is 0.344. The molecule has 3 amide bonds. The summed E-state index contributed by atoms with van der Waals surface area (Å²) in [7, 11) is -0.489. The number of amides is 3.